The number of nitrogens with one attached hydrogen (secondary N) is 1. The first-order valence-electron chi connectivity index (χ1n) is 6.24. The summed E-state index contributed by atoms with van der Waals surface area (Å²) in [5.74, 6) is -0.892. The zero-order chi connectivity index (χ0) is 14.0. The van der Waals surface area contributed by atoms with Gasteiger partial charge in [-0.3, -0.25) is 14.9 Å². The summed E-state index contributed by atoms with van der Waals surface area (Å²) in [5.41, 5.74) is -0.589. The van der Waals surface area contributed by atoms with E-state index in [9.17, 15) is 19.3 Å². The number of carbonyl (C=O) groups is 1. The molecule has 1 fully saturated rings. The van der Waals surface area contributed by atoms with Crippen molar-refractivity contribution in [3.05, 3.63) is 39.7 Å². The Morgan fingerprint density at radius 2 is 2.21 bits per heavy atom. The molecule has 0 heterocycles. The zero-order valence-electron chi connectivity index (χ0n) is 10.6. The van der Waals surface area contributed by atoms with Crippen LogP contribution >= 0.6 is 0 Å². The highest BCUT2D eigenvalue weighted by Gasteiger charge is 2.28. The molecule has 0 saturated heterocycles. The first-order valence-corrected chi connectivity index (χ1v) is 6.24. The molecule has 1 aliphatic rings. The van der Waals surface area contributed by atoms with Crippen molar-refractivity contribution in [2.75, 3.05) is 0 Å². The van der Waals surface area contributed by atoms with Gasteiger partial charge in [-0.1, -0.05) is 13.3 Å². The third-order valence-corrected chi connectivity index (χ3v) is 3.58. The molecule has 0 unspecified atom stereocenters. The number of nitrogens with zero attached hydrogens (tertiary/aromatic N) is 1. The average molecular weight is 266 g/mol. The second kappa shape index (κ2) is 5.34. The molecule has 1 aromatic carbocycles. The summed E-state index contributed by atoms with van der Waals surface area (Å²) < 4.78 is 13.2. The molecular weight excluding hydrogens is 251 g/mol. The quantitative estimate of drug-likeness (QED) is 0.675. The lowest BCUT2D eigenvalue weighted by atomic mass is 10.1. The van der Waals surface area contributed by atoms with Crippen molar-refractivity contribution < 1.29 is 14.1 Å². The van der Waals surface area contributed by atoms with Gasteiger partial charge >= 0.3 is 0 Å². The first-order chi connectivity index (χ1) is 8.99. The van der Waals surface area contributed by atoms with E-state index in [1.807, 2.05) is 6.92 Å². The Morgan fingerprint density at radius 1 is 1.47 bits per heavy atom. The Hall–Kier alpha value is -1.98. The first kappa shape index (κ1) is 13.5. The van der Waals surface area contributed by atoms with Gasteiger partial charge in [-0.15, -0.1) is 0 Å². The summed E-state index contributed by atoms with van der Waals surface area (Å²) in [6.45, 7) is 2.03. The summed E-state index contributed by atoms with van der Waals surface area (Å²) in [4.78, 5) is 22.2. The molecule has 0 bridgehead atoms. The fourth-order valence-electron chi connectivity index (χ4n) is 2.46. The molecule has 102 valence electrons. The van der Waals surface area contributed by atoms with E-state index in [1.54, 1.807) is 0 Å². The van der Waals surface area contributed by atoms with Crippen molar-refractivity contribution in [3.8, 4) is 0 Å². The maximum Gasteiger partial charge on any atom is 0.282 e. The molecule has 19 heavy (non-hydrogen) atoms. The van der Waals surface area contributed by atoms with Crippen LogP contribution < -0.4 is 5.32 Å². The van der Waals surface area contributed by atoms with Crippen molar-refractivity contribution in [1.29, 1.82) is 0 Å². The van der Waals surface area contributed by atoms with E-state index in [-0.39, 0.29) is 17.3 Å². The highest BCUT2D eigenvalue weighted by molar-refractivity contribution is 5.98. The molecule has 6 heteroatoms. The van der Waals surface area contributed by atoms with Crippen LogP contribution in [0.1, 0.15) is 36.5 Å². The second-order valence-corrected chi connectivity index (χ2v) is 4.91. The van der Waals surface area contributed by atoms with E-state index >= 15 is 0 Å². The average Bonchev–Trinajstić information content (AvgIpc) is 2.74. The smallest absolute Gasteiger partial charge is 0.282 e. The van der Waals surface area contributed by atoms with E-state index in [1.165, 1.54) is 0 Å². The van der Waals surface area contributed by atoms with Crippen LogP contribution in [0.25, 0.3) is 0 Å². The van der Waals surface area contributed by atoms with Crippen LogP contribution in [0.5, 0.6) is 0 Å². The zero-order valence-corrected chi connectivity index (χ0v) is 10.6. The molecule has 2 rings (SSSR count). The van der Waals surface area contributed by atoms with Crippen LogP contribution in [-0.4, -0.2) is 16.9 Å². The van der Waals surface area contributed by atoms with Gasteiger partial charge < -0.3 is 5.32 Å². The standard InChI is InChI=1S/C13H15FN2O3/c1-8-3-2-4-11(8)15-13(17)10-7-9(14)5-6-12(10)16(18)19/h5-8,11H,2-4H2,1H3,(H,15,17)/t8-,11+/m1/s1. The van der Waals surface area contributed by atoms with Gasteiger partial charge in [0.15, 0.2) is 0 Å². The van der Waals surface area contributed by atoms with E-state index < -0.39 is 16.6 Å². The third-order valence-electron chi connectivity index (χ3n) is 3.58. The monoisotopic (exact) mass is 266 g/mol. The molecule has 1 saturated carbocycles. The van der Waals surface area contributed by atoms with Gasteiger partial charge in [-0.05, 0) is 30.9 Å². The molecule has 0 radical (unpaired) electrons. The normalized spacial score (nSPS) is 22.2. The SMILES string of the molecule is C[C@@H]1CCC[C@@H]1NC(=O)c1cc(F)ccc1[N+](=O)[O-]. The highest BCUT2D eigenvalue weighted by Crippen LogP contribution is 2.26. The number of carbonyl (C=O) groups excluding carboxylic acids is 1. The molecular formula is C13H15FN2O3. The molecule has 2 atom stereocenters. The number of rotatable bonds is 3. The van der Waals surface area contributed by atoms with Crippen molar-refractivity contribution in [1.82, 2.24) is 5.32 Å². The minimum absolute atomic E-state index is 0.00960. The molecule has 0 spiro atoms. The summed E-state index contributed by atoms with van der Waals surface area (Å²) in [6.07, 6.45) is 2.91. The summed E-state index contributed by atoms with van der Waals surface area (Å²) in [6, 6.07) is 2.91. The Kier molecular flexibility index (Phi) is 3.78. The second-order valence-electron chi connectivity index (χ2n) is 4.91. The molecule has 1 amide bonds. The lowest BCUT2D eigenvalue weighted by molar-refractivity contribution is -0.385. The fraction of sp³-hybridized carbons (Fsp3) is 0.462. The number of nitro groups is 1. The molecule has 1 aromatic rings. The van der Waals surface area contributed by atoms with Crippen LogP contribution in [0.4, 0.5) is 10.1 Å². The van der Waals surface area contributed by atoms with Crippen molar-refractivity contribution in [2.45, 2.75) is 32.2 Å². The molecule has 5 nitrogen and oxygen atoms in total. The van der Waals surface area contributed by atoms with Crippen molar-refractivity contribution in [2.24, 2.45) is 5.92 Å². The predicted molar refractivity (Wildman–Crippen MR) is 67.3 cm³/mol. The van der Waals surface area contributed by atoms with Gasteiger partial charge in [0.2, 0.25) is 0 Å². The molecule has 0 aliphatic heterocycles. The number of hydrogen-bond acceptors (Lipinski definition) is 3. The maximum absolute atomic E-state index is 13.2. The van der Waals surface area contributed by atoms with Crippen molar-refractivity contribution in [3.63, 3.8) is 0 Å². The fourth-order valence-corrected chi connectivity index (χ4v) is 2.46. The maximum atomic E-state index is 13.2. The Bertz CT molecular complexity index is 519. The molecule has 1 N–H and O–H groups in total. The Morgan fingerprint density at radius 3 is 2.79 bits per heavy atom. The topological polar surface area (TPSA) is 72.2 Å². The van der Waals surface area contributed by atoms with Gasteiger partial charge in [-0.25, -0.2) is 4.39 Å². The van der Waals surface area contributed by atoms with Gasteiger partial charge in [0.25, 0.3) is 11.6 Å². The van der Waals surface area contributed by atoms with E-state index in [0.717, 1.165) is 37.5 Å². The lowest BCUT2D eigenvalue weighted by Crippen LogP contribution is -2.36. The van der Waals surface area contributed by atoms with Crippen molar-refractivity contribution >= 4 is 11.6 Å². The summed E-state index contributed by atoms with van der Waals surface area (Å²) in [5, 5.41) is 13.6. The summed E-state index contributed by atoms with van der Waals surface area (Å²) >= 11 is 0. The predicted octanol–water partition coefficient (Wildman–Crippen LogP) is 2.65. The number of nitro benzene ring substituents is 1. The summed E-state index contributed by atoms with van der Waals surface area (Å²) in [7, 11) is 0. The van der Waals surface area contributed by atoms with Crippen LogP contribution in [-0.2, 0) is 0 Å². The number of amides is 1. The van der Waals surface area contributed by atoms with E-state index in [2.05, 4.69) is 5.32 Å². The minimum atomic E-state index is -0.674. The minimum Gasteiger partial charge on any atom is -0.349 e. The molecule has 0 aromatic heterocycles. The number of halogens is 1. The van der Waals surface area contributed by atoms with Crippen LogP contribution in [0.2, 0.25) is 0 Å². The molecule has 1 aliphatic carbocycles. The van der Waals surface area contributed by atoms with Gasteiger partial charge in [0, 0.05) is 12.1 Å². The number of hydrogen-bond donors (Lipinski definition) is 1. The van der Waals surface area contributed by atoms with Gasteiger partial charge in [0.1, 0.15) is 11.4 Å². The van der Waals surface area contributed by atoms with Gasteiger partial charge in [0.05, 0.1) is 4.92 Å². The number of benzene rings is 1. The van der Waals surface area contributed by atoms with E-state index in [0.29, 0.717) is 5.92 Å². The third kappa shape index (κ3) is 2.89. The lowest BCUT2D eigenvalue weighted by Gasteiger charge is -2.17. The van der Waals surface area contributed by atoms with E-state index in [4.69, 9.17) is 0 Å². The van der Waals surface area contributed by atoms with Crippen LogP contribution in [0.15, 0.2) is 18.2 Å². The Balaban J connectivity index is 2.22. The Labute approximate surface area is 110 Å². The van der Waals surface area contributed by atoms with Crippen LogP contribution in [0, 0.1) is 21.8 Å². The largest absolute Gasteiger partial charge is 0.349 e. The highest BCUT2D eigenvalue weighted by atomic mass is 19.1. The van der Waals surface area contributed by atoms with Gasteiger partial charge in [-0.2, -0.15) is 0 Å². The van der Waals surface area contributed by atoms with Crippen LogP contribution in [0.3, 0.4) is 0 Å².